The maximum Gasteiger partial charge on any atom is 0.329 e. The number of carbonyl (C=O) groups is 2. The quantitative estimate of drug-likeness (QED) is 0.681. The van der Waals surface area contributed by atoms with Gasteiger partial charge in [0.25, 0.3) is 0 Å². The highest BCUT2D eigenvalue weighted by molar-refractivity contribution is 5.89. The monoisotopic (exact) mass is 257 g/mol. The molecular weight excluding hydrogens is 234 g/mol. The minimum Gasteiger partial charge on any atom is -0.480 e. The van der Waals surface area contributed by atoms with E-state index in [9.17, 15) is 14.7 Å². The Morgan fingerprint density at radius 2 is 2.00 bits per heavy atom. The van der Waals surface area contributed by atoms with Crippen molar-refractivity contribution in [1.82, 2.24) is 5.32 Å². The second-order valence-electron chi connectivity index (χ2n) is 4.95. The van der Waals surface area contributed by atoms with Crippen molar-refractivity contribution in [3.8, 4) is 0 Å². The second-order valence-corrected chi connectivity index (χ2v) is 4.95. The third-order valence-electron chi connectivity index (χ3n) is 3.46. The van der Waals surface area contributed by atoms with Crippen LogP contribution in [0.15, 0.2) is 0 Å². The van der Waals surface area contributed by atoms with Crippen LogP contribution in [0, 0.1) is 0 Å². The lowest BCUT2D eigenvalue weighted by molar-refractivity contribution is -0.149. The molecule has 5 nitrogen and oxygen atoms in total. The number of rotatable bonds is 7. The van der Waals surface area contributed by atoms with Crippen molar-refractivity contribution < 1.29 is 19.4 Å². The predicted octanol–water partition coefficient (Wildman–Crippen LogP) is 1.71. The summed E-state index contributed by atoms with van der Waals surface area (Å²) in [7, 11) is 0. The molecule has 1 unspecified atom stereocenters. The fourth-order valence-corrected chi connectivity index (χ4v) is 2.19. The van der Waals surface area contributed by atoms with Crippen LogP contribution < -0.4 is 5.32 Å². The highest BCUT2D eigenvalue weighted by Gasteiger charge is 2.43. The molecule has 0 heterocycles. The summed E-state index contributed by atoms with van der Waals surface area (Å²) in [5, 5.41) is 11.9. The van der Waals surface area contributed by atoms with Crippen molar-refractivity contribution in [3.05, 3.63) is 0 Å². The van der Waals surface area contributed by atoms with Crippen LogP contribution >= 0.6 is 0 Å². The van der Waals surface area contributed by atoms with Gasteiger partial charge in [0.05, 0.1) is 0 Å². The Morgan fingerprint density at radius 3 is 2.50 bits per heavy atom. The second kappa shape index (κ2) is 6.73. The molecule has 0 aromatic carbocycles. The van der Waals surface area contributed by atoms with E-state index in [0.29, 0.717) is 19.4 Å². The Labute approximate surface area is 108 Å². The third kappa shape index (κ3) is 3.70. The van der Waals surface area contributed by atoms with E-state index in [0.717, 1.165) is 25.7 Å². The zero-order valence-corrected chi connectivity index (χ0v) is 11.2. The predicted molar refractivity (Wildman–Crippen MR) is 67.3 cm³/mol. The van der Waals surface area contributed by atoms with Crippen molar-refractivity contribution in [3.63, 3.8) is 0 Å². The van der Waals surface area contributed by atoms with Crippen molar-refractivity contribution in [1.29, 1.82) is 0 Å². The maximum atomic E-state index is 11.9. The molecule has 0 bridgehead atoms. The summed E-state index contributed by atoms with van der Waals surface area (Å²) in [4.78, 5) is 23.2. The lowest BCUT2D eigenvalue weighted by atomic mass is 9.97. The zero-order valence-electron chi connectivity index (χ0n) is 11.2. The Hall–Kier alpha value is -1.10. The normalized spacial score (nSPS) is 19.4. The van der Waals surface area contributed by atoms with E-state index in [1.807, 2.05) is 6.92 Å². The topological polar surface area (TPSA) is 75.6 Å². The number of hydrogen-bond acceptors (Lipinski definition) is 3. The van der Waals surface area contributed by atoms with Crippen molar-refractivity contribution >= 4 is 11.9 Å². The SMILES string of the molecule is CCCCOC(C)C(=O)NC1(C(=O)O)CCCC1. The summed E-state index contributed by atoms with van der Waals surface area (Å²) in [5.74, 6) is -1.26. The Morgan fingerprint density at radius 1 is 1.39 bits per heavy atom. The number of carbonyl (C=O) groups excluding carboxylic acids is 1. The van der Waals surface area contributed by atoms with Gasteiger partial charge in [-0.15, -0.1) is 0 Å². The first-order valence-corrected chi connectivity index (χ1v) is 6.69. The van der Waals surface area contributed by atoms with Crippen molar-refractivity contribution in [2.45, 2.75) is 64.0 Å². The van der Waals surface area contributed by atoms with Gasteiger partial charge in [0, 0.05) is 6.61 Å². The van der Waals surface area contributed by atoms with Crippen LogP contribution in [0.3, 0.4) is 0 Å². The van der Waals surface area contributed by atoms with Crippen LogP contribution in [0.1, 0.15) is 52.4 Å². The number of hydrogen-bond donors (Lipinski definition) is 2. The van der Waals surface area contributed by atoms with Gasteiger partial charge >= 0.3 is 5.97 Å². The van der Waals surface area contributed by atoms with Gasteiger partial charge < -0.3 is 15.2 Å². The average Bonchev–Trinajstić information content (AvgIpc) is 2.79. The van der Waals surface area contributed by atoms with E-state index in [-0.39, 0.29) is 5.91 Å². The van der Waals surface area contributed by atoms with E-state index >= 15 is 0 Å². The molecule has 1 saturated carbocycles. The maximum absolute atomic E-state index is 11.9. The van der Waals surface area contributed by atoms with Crippen LogP contribution in [-0.2, 0) is 14.3 Å². The number of nitrogens with one attached hydrogen (secondary N) is 1. The van der Waals surface area contributed by atoms with Gasteiger partial charge in [-0.2, -0.15) is 0 Å². The Kier molecular flexibility index (Phi) is 5.59. The molecule has 0 saturated heterocycles. The van der Waals surface area contributed by atoms with Gasteiger partial charge in [-0.3, -0.25) is 4.79 Å². The first-order valence-electron chi connectivity index (χ1n) is 6.69. The number of unbranched alkanes of at least 4 members (excludes halogenated alkanes) is 1. The standard InChI is InChI=1S/C13H23NO4/c1-3-4-9-18-10(2)11(15)14-13(12(16)17)7-5-6-8-13/h10H,3-9H2,1-2H3,(H,14,15)(H,16,17). The van der Waals surface area contributed by atoms with Gasteiger partial charge in [-0.05, 0) is 26.2 Å². The molecule has 1 rings (SSSR count). The first-order chi connectivity index (χ1) is 8.52. The molecule has 1 atom stereocenters. The summed E-state index contributed by atoms with van der Waals surface area (Å²) < 4.78 is 5.37. The molecule has 0 aromatic heterocycles. The molecule has 2 N–H and O–H groups in total. The lowest BCUT2D eigenvalue weighted by Gasteiger charge is -2.27. The Balaban J connectivity index is 2.49. The van der Waals surface area contributed by atoms with Crippen molar-refractivity contribution in [2.24, 2.45) is 0 Å². The minimum atomic E-state index is -1.07. The summed E-state index contributed by atoms with van der Waals surface area (Å²) in [6.45, 7) is 4.24. The fourth-order valence-electron chi connectivity index (χ4n) is 2.19. The van der Waals surface area contributed by atoms with Gasteiger partial charge in [-0.1, -0.05) is 26.2 Å². The molecule has 5 heteroatoms. The van der Waals surface area contributed by atoms with Crippen molar-refractivity contribution in [2.75, 3.05) is 6.61 Å². The molecule has 1 aliphatic rings. The van der Waals surface area contributed by atoms with Crippen LogP contribution in [-0.4, -0.2) is 35.2 Å². The molecule has 1 aliphatic carbocycles. The van der Waals surface area contributed by atoms with Gasteiger partial charge in [0.1, 0.15) is 11.6 Å². The van der Waals surface area contributed by atoms with Gasteiger partial charge in [-0.25, -0.2) is 4.79 Å². The molecule has 0 aliphatic heterocycles. The summed E-state index contributed by atoms with van der Waals surface area (Å²) in [5.41, 5.74) is -1.07. The lowest BCUT2D eigenvalue weighted by Crippen LogP contribution is -2.55. The number of amides is 1. The van der Waals surface area contributed by atoms with E-state index in [1.54, 1.807) is 6.92 Å². The van der Waals surface area contributed by atoms with Crippen LogP contribution in [0.4, 0.5) is 0 Å². The summed E-state index contributed by atoms with van der Waals surface area (Å²) >= 11 is 0. The molecule has 1 amide bonds. The van der Waals surface area contributed by atoms with E-state index < -0.39 is 17.6 Å². The molecule has 0 spiro atoms. The highest BCUT2D eigenvalue weighted by Crippen LogP contribution is 2.30. The number of carboxylic acids is 1. The first kappa shape index (κ1) is 15.0. The third-order valence-corrected chi connectivity index (χ3v) is 3.46. The Bertz CT molecular complexity index is 297. The largest absolute Gasteiger partial charge is 0.480 e. The molecule has 104 valence electrons. The molecular formula is C13H23NO4. The fraction of sp³-hybridized carbons (Fsp3) is 0.846. The van der Waals surface area contributed by atoms with Crippen LogP contribution in [0.5, 0.6) is 0 Å². The average molecular weight is 257 g/mol. The van der Waals surface area contributed by atoms with E-state index in [1.165, 1.54) is 0 Å². The molecule has 0 aromatic rings. The number of aliphatic carboxylic acids is 1. The summed E-state index contributed by atoms with van der Waals surface area (Å²) in [6.07, 6.45) is 4.03. The highest BCUT2D eigenvalue weighted by atomic mass is 16.5. The molecule has 18 heavy (non-hydrogen) atoms. The number of ether oxygens (including phenoxy) is 1. The van der Waals surface area contributed by atoms with E-state index in [4.69, 9.17) is 4.74 Å². The van der Waals surface area contributed by atoms with Crippen LogP contribution in [0.25, 0.3) is 0 Å². The minimum absolute atomic E-state index is 0.324. The zero-order chi connectivity index (χ0) is 13.6. The number of carboxylic acid groups (broad SMARTS) is 1. The molecule has 1 fully saturated rings. The van der Waals surface area contributed by atoms with Gasteiger partial charge in [0.15, 0.2) is 0 Å². The van der Waals surface area contributed by atoms with E-state index in [2.05, 4.69) is 5.32 Å². The molecule has 0 radical (unpaired) electrons. The smallest absolute Gasteiger partial charge is 0.329 e. The van der Waals surface area contributed by atoms with Gasteiger partial charge in [0.2, 0.25) is 5.91 Å². The summed E-state index contributed by atoms with van der Waals surface area (Å²) in [6, 6.07) is 0. The van der Waals surface area contributed by atoms with Crippen LogP contribution in [0.2, 0.25) is 0 Å².